The summed E-state index contributed by atoms with van der Waals surface area (Å²) in [6.07, 6.45) is -0.439. The number of rotatable bonds is 4. The van der Waals surface area contributed by atoms with Crippen LogP contribution in [-0.4, -0.2) is 11.8 Å². The van der Waals surface area contributed by atoms with Crippen LogP contribution in [0.4, 0.5) is 20.2 Å². The van der Waals surface area contributed by atoms with Crippen molar-refractivity contribution < 1.29 is 18.4 Å². The van der Waals surface area contributed by atoms with Gasteiger partial charge in [0.15, 0.2) is 11.6 Å². The maximum Gasteiger partial charge on any atom is 0.233 e. The van der Waals surface area contributed by atoms with Crippen molar-refractivity contribution in [2.45, 2.75) is 6.42 Å². The lowest BCUT2D eigenvalue weighted by Crippen LogP contribution is -2.21. The number of benzene rings is 2. The van der Waals surface area contributed by atoms with Gasteiger partial charge in [-0.1, -0.05) is 22.0 Å². The zero-order valence-corrected chi connectivity index (χ0v) is 12.8. The number of hydrogen-bond acceptors (Lipinski definition) is 2. The Bertz CT molecular complexity index is 722. The Labute approximate surface area is 133 Å². The van der Waals surface area contributed by atoms with Crippen LogP contribution in [0.5, 0.6) is 0 Å². The summed E-state index contributed by atoms with van der Waals surface area (Å²) >= 11 is 3.26. The summed E-state index contributed by atoms with van der Waals surface area (Å²) < 4.78 is 26.6. The Kier molecular flexibility index (Phi) is 5.21. The molecule has 4 nitrogen and oxygen atoms in total. The quantitative estimate of drug-likeness (QED) is 0.808. The molecule has 0 aliphatic rings. The first-order valence-electron chi connectivity index (χ1n) is 6.24. The molecular formula is C15H11BrF2N2O2. The molecule has 0 spiro atoms. The van der Waals surface area contributed by atoms with Crippen LogP contribution in [0.3, 0.4) is 0 Å². The van der Waals surface area contributed by atoms with Crippen LogP contribution < -0.4 is 10.6 Å². The SMILES string of the molecule is O=C(CC(=O)Nc1ccc(F)c(F)c1)Nc1cccc(Br)c1. The standard InChI is InChI=1S/C15H11BrF2N2O2/c16-9-2-1-3-10(6-9)19-14(21)8-15(22)20-11-4-5-12(17)13(18)7-11/h1-7H,8H2,(H,19,21)(H,20,22). The molecule has 2 amide bonds. The first-order valence-corrected chi connectivity index (χ1v) is 7.03. The summed E-state index contributed by atoms with van der Waals surface area (Å²) in [5.41, 5.74) is 0.624. The average Bonchev–Trinajstić information content (AvgIpc) is 2.42. The van der Waals surface area contributed by atoms with Gasteiger partial charge < -0.3 is 10.6 Å². The molecule has 7 heteroatoms. The van der Waals surface area contributed by atoms with Crippen LogP contribution in [0.15, 0.2) is 46.9 Å². The van der Waals surface area contributed by atoms with Crippen LogP contribution in [-0.2, 0) is 9.59 Å². The van der Waals surface area contributed by atoms with Crippen molar-refractivity contribution in [2.75, 3.05) is 10.6 Å². The normalized spacial score (nSPS) is 10.1. The van der Waals surface area contributed by atoms with Crippen molar-refractivity contribution in [3.8, 4) is 0 Å². The first kappa shape index (κ1) is 16.1. The zero-order chi connectivity index (χ0) is 16.1. The maximum atomic E-state index is 13.0. The van der Waals surface area contributed by atoms with Gasteiger partial charge in [-0.2, -0.15) is 0 Å². The molecule has 2 aromatic carbocycles. The van der Waals surface area contributed by atoms with E-state index in [0.717, 1.165) is 16.6 Å². The van der Waals surface area contributed by atoms with Crippen molar-refractivity contribution in [2.24, 2.45) is 0 Å². The summed E-state index contributed by atoms with van der Waals surface area (Å²) in [5, 5.41) is 4.88. The Morgan fingerprint density at radius 3 is 2.14 bits per heavy atom. The monoisotopic (exact) mass is 368 g/mol. The lowest BCUT2D eigenvalue weighted by atomic mass is 10.2. The molecule has 2 N–H and O–H groups in total. The maximum absolute atomic E-state index is 13.0. The van der Waals surface area contributed by atoms with Crippen LogP contribution in [0.2, 0.25) is 0 Å². The number of hydrogen-bond donors (Lipinski definition) is 2. The van der Waals surface area contributed by atoms with Crippen LogP contribution in [0, 0.1) is 11.6 Å². The van der Waals surface area contributed by atoms with Gasteiger partial charge in [-0.15, -0.1) is 0 Å². The second-order valence-electron chi connectivity index (χ2n) is 4.41. The number of carbonyl (C=O) groups is 2. The third-order valence-corrected chi connectivity index (χ3v) is 3.13. The summed E-state index contributed by atoms with van der Waals surface area (Å²) in [6, 6.07) is 9.85. The molecular weight excluding hydrogens is 358 g/mol. The highest BCUT2D eigenvalue weighted by atomic mass is 79.9. The van der Waals surface area contributed by atoms with Crippen molar-refractivity contribution in [1.82, 2.24) is 0 Å². The van der Waals surface area contributed by atoms with Crippen molar-refractivity contribution in [3.05, 3.63) is 58.6 Å². The van der Waals surface area contributed by atoms with E-state index in [1.807, 2.05) is 0 Å². The van der Waals surface area contributed by atoms with Gasteiger partial charge >= 0.3 is 0 Å². The highest BCUT2D eigenvalue weighted by Crippen LogP contribution is 2.16. The number of anilines is 2. The van der Waals surface area contributed by atoms with Crippen LogP contribution in [0.25, 0.3) is 0 Å². The van der Waals surface area contributed by atoms with E-state index in [1.54, 1.807) is 24.3 Å². The summed E-state index contributed by atoms with van der Waals surface area (Å²) in [6.45, 7) is 0. The first-order chi connectivity index (χ1) is 10.4. The lowest BCUT2D eigenvalue weighted by molar-refractivity contribution is -0.123. The minimum absolute atomic E-state index is 0.0826. The molecule has 0 bridgehead atoms. The second kappa shape index (κ2) is 7.13. The Morgan fingerprint density at radius 1 is 0.909 bits per heavy atom. The van der Waals surface area contributed by atoms with E-state index < -0.39 is 29.9 Å². The van der Waals surface area contributed by atoms with Gasteiger partial charge in [0.1, 0.15) is 6.42 Å². The molecule has 0 unspecified atom stereocenters. The number of nitrogens with one attached hydrogen (secondary N) is 2. The summed E-state index contributed by atoms with van der Waals surface area (Å²) in [4.78, 5) is 23.4. The molecule has 0 aromatic heterocycles. The predicted molar refractivity (Wildman–Crippen MR) is 82.4 cm³/mol. The third kappa shape index (κ3) is 4.63. The van der Waals surface area contributed by atoms with E-state index in [4.69, 9.17) is 0 Å². The third-order valence-electron chi connectivity index (χ3n) is 2.63. The molecule has 0 aliphatic carbocycles. The molecule has 114 valence electrons. The predicted octanol–water partition coefficient (Wildman–Crippen LogP) is 3.69. The molecule has 0 saturated carbocycles. The topological polar surface area (TPSA) is 58.2 Å². The number of carbonyl (C=O) groups excluding carboxylic acids is 2. The molecule has 0 radical (unpaired) electrons. The molecule has 0 saturated heterocycles. The van der Waals surface area contributed by atoms with Gasteiger partial charge in [0.05, 0.1) is 0 Å². The fraction of sp³-hybridized carbons (Fsp3) is 0.0667. The van der Waals surface area contributed by atoms with Gasteiger partial charge in [-0.25, -0.2) is 8.78 Å². The highest BCUT2D eigenvalue weighted by Gasteiger charge is 2.11. The minimum Gasteiger partial charge on any atom is -0.326 e. The second-order valence-corrected chi connectivity index (χ2v) is 5.33. The Hall–Kier alpha value is -2.28. The molecule has 22 heavy (non-hydrogen) atoms. The highest BCUT2D eigenvalue weighted by molar-refractivity contribution is 9.10. The molecule has 2 rings (SSSR count). The fourth-order valence-electron chi connectivity index (χ4n) is 1.70. The van der Waals surface area contributed by atoms with Gasteiger partial charge in [-0.05, 0) is 30.3 Å². The molecule has 0 fully saturated rings. The van der Waals surface area contributed by atoms with E-state index in [9.17, 15) is 18.4 Å². The molecule has 2 aromatic rings. The smallest absolute Gasteiger partial charge is 0.233 e. The molecule has 0 aliphatic heterocycles. The van der Waals surface area contributed by atoms with E-state index in [1.165, 1.54) is 6.07 Å². The van der Waals surface area contributed by atoms with E-state index in [0.29, 0.717) is 5.69 Å². The van der Waals surface area contributed by atoms with Gasteiger partial charge in [0.25, 0.3) is 0 Å². The van der Waals surface area contributed by atoms with Gasteiger partial charge in [0, 0.05) is 21.9 Å². The largest absolute Gasteiger partial charge is 0.326 e. The minimum atomic E-state index is -1.07. The Balaban J connectivity index is 1.91. The van der Waals surface area contributed by atoms with Gasteiger partial charge in [0.2, 0.25) is 11.8 Å². The zero-order valence-electron chi connectivity index (χ0n) is 11.2. The number of amides is 2. The fourth-order valence-corrected chi connectivity index (χ4v) is 2.10. The van der Waals surface area contributed by atoms with Crippen LogP contribution >= 0.6 is 15.9 Å². The summed E-state index contributed by atoms with van der Waals surface area (Å²) in [5.74, 6) is -3.22. The van der Waals surface area contributed by atoms with E-state index in [-0.39, 0.29) is 5.69 Å². The van der Waals surface area contributed by atoms with Gasteiger partial charge in [-0.3, -0.25) is 9.59 Å². The number of halogens is 3. The van der Waals surface area contributed by atoms with Crippen molar-refractivity contribution in [1.29, 1.82) is 0 Å². The molecule has 0 heterocycles. The van der Waals surface area contributed by atoms with E-state index in [2.05, 4.69) is 26.6 Å². The van der Waals surface area contributed by atoms with E-state index >= 15 is 0 Å². The summed E-state index contributed by atoms with van der Waals surface area (Å²) in [7, 11) is 0. The lowest BCUT2D eigenvalue weighted by Gasteiger charge is -2.07. The Morgan fingerprint density at radius 2 is 1.55 bits per heavy atom. The molecule has 0 atom stereocenters. The van der Waals surface area contributed by atoms with Crippen molar-refractivity contribution >= 4 is 39.1 Å². The van der Waals surface area contributed by atoms with Crippen LogP contribution in [0.1, 0.15) is 6.42 Å². The average molecular weight is 369 g/mol. The van der Waals surface area contributed by atoms with Crippen molar-refractivity contribution in [3.63, 3.8) is 0 Å².